The lowest BCUT2D eigenvalue weighted by Crippen LogP contribution is -2.48. The van der Waals surface area contributed by atoms with Crippen molar-refractivity contribution in [3.63, 3.8) is 0 Å². The van der Waals surface area contributed by atoms with Gasteiger partial charge in [0, 0.05) is 32.2 Å². The number of hydrogen-bond acceptors (Lipinski definition) is 2. The van der Waals surface area contributed by atoms with Gasteiger partial charge in [0.05, 0.1) is 0 Å². The van der Waals surface area contributed by atoms with E-state index in [0.717, 1.165) is 32.1 Å². The Morgan fingerprint density at radius 1 is 1.28 bits per heavy atom. The van der Waals surface area contributed by atoms with Crippen LogP contribution in [0.2, 0.25) is 0 Å². The van der Waals surface area contributed by atoms with E-state index >= 15 is 0 Å². The molecule has 1 unspecified atom stereocenters. The molecule has 1 saturated heterocycles. The number of hydrogen-bond donors (Lipinski definition) is 1. The van der Waals surface area contributed by atoms with Gasteiger partial charge >= 0.3 is 0 Å². The maximum Gasteiger partial charge on any atom is 0.193 e. The van der Waals surface area contributed by atoms with Gasteiger partial charge in [-0.1, -0.05) is 13.8 Å². The van der Waals surface area contributed by atoms with Gasteiger partial charge in [0.15, 0.2) is 5.96 Å². The molecule has 0 spiro atoms. The number of aliphatic imine (C=N–C) groups is 1. The first-order valence-corrected chi connectivity index (χ1v) is 7.50. The fourth-order valence-electron chi connectivity index (χ4n) is 3.00. The molecular formula is C14H28N4. The molecule has 0 amide bonds. The minimum Gasteiger partial charge on any atom is -0.354 e. The summed E-state index contributed by atoms with van der Waals surface area (Å²) >= 11 is 0. The summed E-state index contributed by atoms with van der Waals surface area (Å²) in [6, 6.07) is 1.39. The number of likely N-dealkylation sites (tertiary alicyclic amines) is 1. The second kappa shape index (κ2) is 6.41. The molecule has 0 aromatic rings. The van der Waals surface area contributed by atoms with E-state index in [2.05, 4.69) is 34.0 Å². The van der Waals surface area contributed by atoms with E-state index in [1.807, 2.05) is 7.05 Å². The Labute approximate surface area is 111 Å². The van der Waals surface area contributed by atoms with Gasteiger partial charge in [0.1, 0.15) is 0 Å². The van der Waals surface area contributed by atoms with E-state index in [1.165, 1.54) is 25.7 Å². The summed E-state index contributed by atoms with van der Waals surface area (Å²) in [5, 5.41) is 3.60. The number of guanidine groups is 1. The topological polar surface area (TPSA) is 30.9 Å². The Morgan fingerprint density at radius 3 is 2.50 bits per heavy atom. The van der Waals surface area contributed by atoms with Gasteiger partial charge in [-0.05, 0) is 38.8 Å². The van der Waals surface area contributed by atoms with E-state index in [4.69, 9.17) is 0 Å². The second-order valence-corrected chi connectivity index (χ2v) is 5.43. The van der Waals surface area contributed by atoms with E-state index < -0.39 is 0 Å². The van der Waals surface area contributed by atoms with Crippen molar-refractivity contribution in [3.8, 4) is 0 Å². The monoisotopic (exact) mass is 252 g/mol. The highest BCUT2D eigenvalue weighted by atomic mass is 15.3. The number of rotatable bonds is 4. The summed E-state index contributed by atoms with van der Waals surface area (Å²) in [6.07, 6.45) is 5.27. The zero-order valence-electron chi connectivity index (χ0n) is 12.2. The van der Waals surface area contributed by atoms with Crippen molar-refractivity contribution < 1.29 is 0 Å². The zero-order valence-corrected chi connectivity index (χ0v) is 12.2. The molecule has 0 bridgehead atoms. The Balaban J connectivity index is 1.85. The molecule has 0 radical (unpaired) electrons. The van der Waals surface area contributed by atoms with Crippen molar-refractivity contribution in [2.24, 2.45) is 4.99 Å². The number of nitrogens with one attached hydrogen (secondary N) is 1. The highest BCUT2D eigenvalue weighted by Crippen LogP contribution is 2.20. The van der Waals surface area contributed by atoms with Crippen LogP contribution in [0.25, 0.3) is 0 Å². The Kier molecular flexibility index (Phi) is 4.87. The van der Waals surface area contributed by atoms with Gasteiger partial charge in [0.25, 0.3) is 0 Å². The van der Waals surface area contributed by atoms with Crippen LogP contribution in [-0.2, 0) is 0 Å². The number of nitrogens with zero attached hydrogens (tertiary/aromatic N) is 3. The highest BCUT2D eigenvalue weighted by Gasteiger charge is 2.29. The van der Waals surface area contributed by atoms with Crippen LogP contribution in [0.3, 0.4) is 0 Å². The molecule has 1 N–H and O–H groups in total. The van der Waals surface area contributed by atoms with Crippen LogP contribution in [0.1, 0.15) is 39.5 Å². The van der Waals surface area contributed by atoms with Gasteiger partial charge in [-0.25, -0.2) is 0 Å². The summed E-state index contributed by atoms with van der Waals surface area (Å²) in [4.78, 5) is 9.45. The molecule has 0 aromatic carbocycles. The maximum absolute atomic E-state index is 4.45. The van der Waals surface area contributed by atoms with E-state index in [1.54, 1.807) is 0 Å². The van der Waals surface area contributed by atoms with Crippen LogP contribution < -0.4 is 5.32 Å². The van der Waals surface area contributed by atoms with Crippen LogP contribution >= 0.6 is 0 Å². The molecule has 2 fully saturated rings. The molecule has 1 aliphatic heterocycles. The molecule has 18 heavy (non-hydrogen) atoms. The van der Waals surface area contributed by atoms with Crippen molar-refractivity contribution in [1.29, 1.82) is 0 Å². The van der Waals surface area contributed by atoms with Crippen LogP contribution in [0.15, 0.2) is 4.99 Å². The van der Waals surface area contributed by atoms with Crippen LogP contribution in [-0.4, -0.2) is 61.1 Å². The first-order valence-electron chi connectivity index (χ1n) is 7.50. The van der Waals surface area contributed by atoms with Crippen LogP contribution in [0.4, 0.5) is 0 Å². The summed E-state index contributed by atoms with van der Waals surface area (Å²) < 4.78 is 0. The summed E-state index contributed by atoms with van der Waals surface area (Å²) in [5.41, 5.74) is 0. The highest BCUT2D eigenvalue weighted by molar-refractivity contribution is 5.80. The quantitative estimate of drug-likeness (QED) is 0.608. The van der Waals surface area contributed by atoms with E-state index in [9.17, 15) is 0 Å². The molecule has 0 aromatic heterocycles. The molecule has 4 nitrogen and oxygen atoms in total. The fourth-order valence-corrected chi connectivity index (χ4v) is 3.00. The predicted molar refractivity (Wildman–Crippen MR) is 77.0 cm³/mol. The lowest BCUT2D eigenvalue weighted by molar-refractivity contribution is 0.222. The third kappa shape index (κ3) is 2.97. The predicted octanol–water partition coefficient (Wildman–Crippen LogP) is 1.53. The first kappa shape index (κ1) is 13.7. The average molecular weight is 252 g/mol. The summed E-state index contributed by atoms with van der Waals surface area (Å²) in [7, 11) is 1.91. The molecule has 4 heteroatoms. The van der Waals surface area contributed by atoms with Crippen molar-refractivity contribution in [2.45, 2.75) is 51.6 Å². The molecule has 1 aliphatic carbocycles. The van der Waals surface area contributed by atoms with Crippen molar-refractivity contribution in [2.75, 3.05) is 33.2 Å². The minimum atomic E-state index is 0.677. The Morgan fingerprint density at radius 2 is 2.00 bits per heavy atom. The molecule has 2 aliphatic rings. The van der Waals surface area contributed by atoms with Crippen molar-refractivity contribution in [1.82, 2.24) is 15.1 Å². The Bertz CT molecular complexity index is 282. The molecule has 1 atom stereocenters. The second-order valence-electron chi connectivity index (χ2n) is 5.43. The molecule has 1 saturated carbocycles. The summed E-state index contributed by atoms with van der Waals surface area (Å²) in [5.74, 6) is 1.12. The average Bonchev–Trinajstić information content (AvgIpc) is 2.79. The zero-order chi connectivity index (χ0) is 13.0. The maximum atomic E-state index is 4.45. The first-order chi connectivity index (χ1) is 8.78. The third-order valence-corrected chi connectivity index (χ3v) is 4.44. The third-order valence-electron chi connectivity index (χ3n) is 4.44. The molecular weight excluding hydrogens is 224 g/mol. The SMILES string of the molecule is CCN(CC)C1CCN(C(=NC)NC2CCC2)C1. The van der Waals surface area contributed by atoms with Crippen LogP contribution in [0.5, 0.6) is 0 Å². The normalized spacial score (nSPS) is 25.7. The van der Waals surface area contributed by atoms with Gasteiger partial charge in [-0.15, -0.1) is 0 Å². The smallest absolute Gasteiger partial charge is 0.193 e. The lowest BCUT2D eigenvalue weighted by atomic mass is 9.93. The van der Waals surface area contributed by atoms with Gasteiger partial charge < -0.3 is 10.2 Å². The number of likely N-dealkylation sites (N-methyl/N-ethyl adjacent to an activating group) is 1. The molecule has 104 valence electrons. The molecule has 2 rings (SSSR count). The standard InChI is InChI=1S/C14H28N4/c1-4-17(5-2)13-9-10-18(11-13)14(15-3)16-12-7-6-8-12/h12-13H,4-11H2,1-3H3,(H,15,16). The largest absolute Gasteiger partial charge is 0.354 e. The fraction of sp³-hybridized carbons (Fsp3) is 0.929. The van der Waals surface area contributed by atoms with Crippen molar-refractivity contribution in [3.05, 3.63) is 0 Å². The summed E-state index contributed by atoms with van der Waals surface area (Å²) in [6.45, 7) is 9.11. The Hall–Kier alpha value is -0.770. The van der Waals surface area contributed by atoms with E-state index in [-0.39, 0.29) is 0 Å². The van der Waals surface area contributed by atoms with Crippen LogP contribution in [0, 0.1) is 0 Å². The van der Waals surface area contributed by atoms with Crippen molar-refractivity contribution >= 4 is 5.96 Å². The van der Waals surface area contributed by atoms with Gasteiger partial charge in [-0.3, -0.25) is 9.89 Å². The van der Waals surface area contributed by atoms with Gasteiger partial charge in [0.2, 0.25) is 0 Å². The molecule has 1 heterocycles. The minimum absolute atomic E-state index is 0.677. The van der Waals surface area contributed by atoms with Gasteiger partial charge in [-0.2, -0.15) is 0 Å². The van der Waals surface area contributed by atoms with E-state index in [0.29, 0.717) is 12.1 Å². The lowest BCUT2D eigenvalue weighted by Gasteiger charge is -2.32.